The summed E-state index contributed by atoms with van der Waals surface area (Å²) in [6.07, 6.45) is -0.0678. The summed E-state index contributed by atoms with van der Waals surface area (Å²) < 4.78 is 23.6. The summed E-state index contributed by atoms with van der Waals surface area (Å²) in [5, 5.41) is 6.52. The Morgan fingerprint density at radius 2 is 2.29 bits per heavy atom. The fourth-order valence-electron chi connectivity index (χ4n) is 3.00. The van der Waals surface area contributed by atoms with Crippen molar-refractivity contribution in [2.75, 3.05) is 13.2 Å². The smallest absolute Gasteiger partial charge is 0.407 e. The van der Waals surface area contributed by atoms with E-state index >= 15 is 0 Å². The maximum Gasteiger partial charge on any atom is 0.407 e. The summed E-state index contributed by atoms with van der Waals surface area (Å²) in [6.45, 7) is 0.799. The van der Waals surface area contributed by atoms with Crippen LogP contribution in [0, 0.1) is 5.82 Å². The summed E-state index contributed by atoms with van der Waals surface area (Å²) in [6, 6.07) is 5.41. The van der Waals surface area contributed by atoms with E-state index in [1.807, 2.05) is 0 Å². The summed E-state index contributed by atoms with van der Waals surface area (Å²) in [5.41, 5.74) is 1.91. The summed E-state index contributed by atoms with van der Waals surface area (Å²) in [7, 11) is 0. The predicted octanol–water partition coefficient (Wildman–Crippen LogP) is 1.47. The first-order valence-electron chi connectivity index (χ1n) is 7.57. The van der Waals surface area contributed by atoms with Crippen LogP contribution < -0.4 is 5.32 Å². The van der Waals surface area contributed by atoms with Crippen LogP contribution in [-0.2, 0) is 22.5 Å². The number of rotatable bonds is 2. The van der Waals surface area contributed by atoms with Gasteiger partial charge in [-0.2, -0.15) is 0 Å². The van der Waals surface area contributed by atoms with Gasteiger partial charge < -0.3 is 19.5 Å². The highest BCUT2D eigenvalue weighted by Gasteiger charge is 2.35. The quantitative estimate of drug-likeness (QED) is 0.901. The Hall–Kier alpha value is -2.90. The lowest BCUT2D eigenvalue weighted by molar-refractivity contribution is -0.134. The monoisotopic (exact) mass is 331 g/mol. The number of ether oxygens (including phenoxy) is 1. The molecule has 1 atom stereocenters. The van der Waals surface area contributed by atoms with Gasteiger partial charge in [0.2, 0.25) is 5.91 Å². The molecule has 0 saturated carbocycles. The molecule has 8 heteroatoms. The largest absolute Gasteiger partial charge is 0.447 e. The molecule has 2 amide bonds. The SMILES string of the molecule is O=C1N[C@@H](C(=O)N2CCc3onc(-c4cccc(F)c4)c3C2)CO1. The minimum Gasteiger partial charge on any atom is -0.447 e. The molecule has 1 N–H and O–H groups in total. The van der Waals surface area contributed by atoms with E-state index in [0.29, 0.717) is 36.5 Å². The molecular weight excluding hydrogens is 317 g/mol. The minimum absolute atomic E-state index is 0.0292. The molecule has 1 aromatic heterocycles. The Morgan fingerprint density at radius 1 is 1.42 bits per heavy atom. The number of carbonyl (C=O) groups excluding carboxylic acids is 2. The number of amides is 2. The van der Waals surface area contributed by atoms with E-state index in [1.54, 1.807) is 17.0 Å². The highest BCUT2D eigenvalue weighted by atomic mass is 19.1. The Kier molecular flexibility index (Phi) is 3.44. The van der Waals surface area contributed by atoms with Crippen LogP contribution in [0.15, 0.2) is 28.8 Å². The van der Waals surface area contributed by atoms with Gasteiger partial charge in [-0.3, -0.25) is 4.79 Å². The number of hydrogen-bond donors (Lipinski definition) is 1. The van der Waals surface area contributed by atoms with E-state index < -0.39 is 12.1 Å². The second-order valence-corrected chi connectivity index (χ2v) is 5.75. The van der Waals surface area contributed by atoms with Gasteiger partial charge in [0.25, 0.3) is 0 Å². The van der Waals surface area contributed by atoms with E-state index in [9.17, 15) is 14.0 Å². The van der Waals surface area contributed by atoms with Gasteiger partial charge in [0.05, 0.1) is 6.54 Å². The average Bonchev–Trinajstić information content (AvgIpc) is 3.19. The number of benzene rings is 1. The first-order valence-corrected chi connectivity index (χ1v) is 7.57. The van der Waals surface area contributed by atoms with E-state index in [4.69, 9.17) is 9.26 Å². The molecule has 1 saturated heterocycles. The Morgan fingerprint density at radius 3 is 3.04 bits per heavy atom. The molecule has 1 fully saturated rings. The van der Waals surface area contributed by atoms with Gasteiger partial charge >= 0.3 is 6.09 Å². The Balaban J connectivity index is 1.59. The number of nitrogens with zero attached hydrogens (tertiary/aromatic N) is 2. The summed E-state index contributed by atoms with van der Waals surface area (Å²) in [5.74, 6) is 0.127. The van der Waals surface area contributed by atoms with Gasteiger partial charge in [-0.15, -0.1) is 0 Å². The van der Waals surface area contributed by atoms with E-state index in [1.165, 1.54) is 12.1 Å². The summed E-state index contributed by atoms with van der Waals surface area (Å²) >= 11 is 0. The van der Waals surface area contributed by atoms with E-state index in [0.717, 1.165) is 5.56 Å². The van der Waals surface area contributed by atoms with Crippen molar-refractivity contribution in [3.63, 3.8) is 0 Å². The number of aromatic nitrogens is 1. The van der Waals surface area contributed by atoms with Crippen molar-refractivity contribution in [1.82, 2.24) is 15.4 Å². The second-order valence-electron chi connectivity index (χ2n) is 5.75. The third kappa shape index (κ3) is 2.49. The maximum atomic E-state index is 13.5. The molecule has 24 heavy (non-hydrogen) atoms. The topological polar surface area (TPSA) is 84.7 Å². The predicted molar refractivity (Wildman–Crippen MR) is 79.3 cm³/mol. The van der Waals surface area contributed by atoms with Gasteiger partial charge in [0, 0.05) is 24.1 Å². The molecule has 0 unspecified atom stereocenters. The van der Waals surface area contributed by atoms with Crippen LogP contribution in [0.2, 0.25) is 0 Å². The Labute approximate surface area is 136 Å². The lowest BCUT2D eigenvalue weighted by Crippen LogP contribution is -2.47. The van der Waals surface area contributed by atoms with Crippen LogP contribution in [0.3, 0.4) is 0 Å². The van der Waals surface area contributed by atoms with Gasteiger partial charge in [-0.25, -0.2) is 9.18 Å². The molecule has 0 spiro atoms. The second kappa shape index (κ2) is 5.63. The lowest BCUT2D eigenvalue weighted by Gasteiger charge is -2.28. The highest BCUT2D eigenvalue weighted by Crippen LogP contribution is 2.30. The molecule has 4 rings (SSSR count). The maximum absolute atomic E-state index is 13.5. The molecule has 0 aliphatic carbocycles. The number of alkyl carbamates (subject to hydrolysis) is 1. The molecule has 124 valence electrons. The fraction of sp³-hybridized carbons (Fsp3) is 0.312. The fourth-order valence-corrected chi connectivity index (χ4v) is 3.00. The molecular formula is C16H14FN3O4. The van der Waals surface area contributed by atoms with Crippen LogP contribution in [0.5, 0.6) is 0 Å². The van der Waals surface area contributed by atoms with Crippen molar-refractivity contribution in [2.45, 2.75) is 19.0 Å². The third-order valence-corrected chi connectivity index (χ3v) is 4.21. The van der Waals surface area contributed by atoms with Crippen molar-refractivity contribution >= 4 is 12.0 Å². The van der Waals surface area contributed by atoms with Gasteiger partial charge in [0.1, 0.15) is 29.9 Å². The zero-order valence-electron chi connectivity index (χ0n) is 12.6. The van der Waals surface area contributed by atoms with Crippen LogP contribution in [0.1, 0.15) is 11.3 Å². The molecule has 0 bridgehead atoms. The molecule has 1 aromatic carbocycles. The first kappa shape index (κ1) is 14.7. The van der Waals surface area contributed by atoms with E-state index in [-0.39, 0.29) is 18.3 Å². The molecule has 2 aliphatic rings. The highest BCUT2D eigenvalue weighted by molar-refractivity contribution is 5.88. The van der Waals surface area contributed by atoms with Gasteiger partial charge in [0.15, 0.2) is 0 Å². The van der Waals surface area contributed by atoms with Crippen molar-refractivity contribution in [3.05, 3.63) is 41.4 Å². The zero-order chi connectivity index (χ0) is 16.7. The molecule has 0 radical (unpaired) electrons. The zero-order valence-corrected chi connectivity index (χ0v) is 12.6. The van der Waals surface area contributed by atoms with Gasteiger partial charge in [-0.1, -0.05) is 17.3 Å². The van der Waals surface area contributed by atoms with Gasteiger partial charge in [-0.05, 0) is 12.1 Å². The van der Waals surface area contributed by atoms with Crippen molar-refractivity contribution in [2.24, 2.45) is 0 Å². The number of cyclic esters (lactones) is 1. The summed E-state index contributed by atoms with van der Waals surface area (Å²) in [4.78, 5) is 25.2. The number of hydrogen-bond acceptors (Lipinski definition) is 5. The van der Waals surface area contributed by atoms with Crippen LogP contribution in [0.4, 0.5) is 9.18 Å². The van der Waals surface area contributed by atoms with E-state index in [2.05, 4.69) is 10.5 Å². The number of fused-ring (bicyclic) bond motifs is 1. The Bertz CT molecular complexity index is 819. The van der Waals surface area contributed by atoms with Crippen LogP contribution in [0.25, 0.3) is 11.3 Å². The minimum atomic E-state index is -0.670. The van der Waals surface area contributed by atoms with Crippen LogP contribution in [-0.4, -0.2) is 41.3 Å². The lowest BCUT2D eigenvalue weighted by atomic mass is 10.0. The van der Waals surface area contributed by atoms with Crippen molar-refractivity contribution < 1.29 is 23.2 Å². The van der Waals surface area contributed by atoms with Crippen molar-refractivity contribution in [3.8, 4) is 11.3 Å². The molecule has 7 nitrogen and oxygen atoms in total. The standard InChI is InChI=1S/C16H14FN3O4/c17-10-3-1-2-9(6-10)14-11-7-20(5-4-13(11)24-19-14)15(21)12-8-23-16(22)18-12/h1-3,6,12H,4-5,7-8H2,(H,18,22)/t12-/m1/s1. The number of carbonyl (C=O) groups is 2. The third-order valence-electron chi connectivity index (χ3n) is 4.21. The molecule has 2 aromatic rings. The van der Waals surface area contributed by atoms with Crippen molar-refractivity contribution in [1.29, 1.82) is 0 Å². The molecule has 2 aliphatic heterocycles. The molecule has 3 heterocycles. The first-order chi connectivity index (χ1) is 11.6. The number of halogens is 1. The van der Waals surface area contributed by atoms with Crippen LogP contribution >= 0.6 is 0 Å². The normalized spacial score (nSPS) is 19.6. The average molecular weight is 331 g/mol. The number of nitrogens with one attached hydrogen (secondary N) is 1.